The lowest BCUT2D eigenvalue weighted by molar-refractivity contribution is 0.0943. The van der Waals surface area contributed by atoms with Crippen molar-refractivity contribution in [1.29, 1.82) is 0 Å². The fourth-order valence-electron chi connectivity index (χ4n) is 3.57. The molecular weight excluding hydrogens is 434 g/mol. The summed E-state index contributed by atoms with van der Waals surface area (Å²) in [7, 11) is 0. The predicted octanol–water partition coefficient (Wildman–Crippen LogP) is 3.83. The maximum absolute atomic E-state index is 13.0. The molecule has 1 unspecified atom stereocenters. The van der Waals surface area contributed by atoms with Crippen LogP contribution < -0.4 is 5.32 Å². The van der Waals surface area contributed by atoms with Crippen LogP contribution in [0.15, 0.2) is 65.6 Å². The normalized spacial score (nSPS) is 12.0. The number of rotatable bonds is 9. The van der Waals surface area contributed by atoms with Crippen LogP contribution >= 0.6 is 11.8 Å². The van der Waals surface area contributed by atoms with Crippen molar-refractivity contribution in [3.63, 3.8) is 0 Å². The van der Waals surface area contributed by atoms with Gasteiger partial charge in [-0.3, -0.25) is 9.48 Å². The average Bonchev–Trinajstić information content (AvgIpc) is 3.42. The number of carbonyl (C=O) groups is 1. The molecule has 0 aliphatic rings. The Kier molecular flexibility index (Phi) is 7.19. The first-order valence-electron chi connectivity index (χ1n) is 10.8. The van der Waals surface area contributed by atoms with Crippen LogP contribution in [0.1, 0.15) is 34.5 Å². The molecule has 0 fully saturated rings. The third-order valence-electron chi connectivity index (χ3n) is 5.22. The lowest BCUT2D eigenvalue weighted by Gasteiger charge is -2.15. The van der Waals surface area contributed by atoms with E-state index < -0.39 is 0 Å². The molecule has 170 valence electrons. The summed E-state index contributed by atoms with van der Waals surface area (Å²) in [6, 6.07) is 19.4. The van der Waals surface area contributed by atoms with E-state index in [0.29, 0.717) is 17.9 Å². The molecule has 4 rings (SSSR count). The van der Waals surface area contributed by atoms with Crippen molar-refractivity contribution in [3.8, 4) is 5.69 Å². The second-order valence-electron chi connectivity index (χ2n) is 8.05. The minimum Gasteiger partial charge on any atom is -0.352 e. The third kappa shape index (κ3) is 5.67. The number of carbonyl (C=O) groups excluding carboxylic acids is 1. The number of tetrazole rings is 1. The summed E-state index contributed by atoms with van der Waals surface area (Å²) >= 11 is 1.55. The highest BCUT2D eigenvalue weighted by Crippen LogP contribution is 2.26. The first-order chi connectivity index (χ1) is 16.0. The number of aryl methyl sites for hydroxylation is 2. The standard InChI is InChI=1S/C24H27N7OS/c1-17(15-30-19(3)13-18(2)27-30)14-25-24(32)21-11-7-8-12-22(21)33-16-23-26-28-29-31(23)20-9-5-4-6-10-20/h4-13,17H,14-16H2,1-3H3,(H,25,32). The minimum atomic E-state index is -0.0824. The lowest BCUT2D eigenvalue weighted by Crippen LogP contribution is -2.30. The Balaban J connectivity index is 1.38. The van der Waals surface area contributed by atoms with E-state index in [4.69, 9.17) is 0 Å². The molecule has 33 heavy (non-hydrogen) atoms. The van der Waals surface area contributed by atoms with Gasteiger partial charge in [0.2, 0.25) is 0 Å². The average molecular weight is 462 g/mol. The monoisotopic (exact) mass is 461 g/mol. The predicted molar refractivity (Wildman–Crippen MR) is 128 cm³/mol. The lowest BCUT2D eigenvalue weighted by atomic mass is 10.1. The van der Waals surface area contributed by atoms with E-state index in [1.807, 2.05) is 73.1 Å². The van der Waals surface area contributed by atoms with Crippen LogP contribution in [0.4, 0.5) is 0 Å². The number of benzene rings is 2. The summed E-state index contributed by atoms with van der Waals surface area (Å²) < 4.78 is 3.71. The molecule has 0 saturated heterocycles. The molecular formula is C24H27N7OS. The molecule has 8 nitrogen and oxygen atoms in total. The Morgan fingerprint density at radius 2 is 1.85 bits per heavy atom. The van der Waals surface area contributed by atoms with Crippen molar-refractivity contribution in [3.05, 3.63) is 83.4 Å². The summed E-state index contributed by atoms with van der Waals surface area (Å²) in [5.74, 6) is 1.43. The number of aromatic nitrogens is 6. The van der Waals surface area contributed by atoms with E-state index >= 15 is 0 Å². The van der Waals surface area contributed by atoms with Crippen molar-refractivity contribution in [2.24, 2.45) is 5.92 Å². The number of nitrogens with zero attached hydrogens (tertiary/aromatic N) is 6. The number of thioether (sulfide) groups is 1. The van der Waals surface area contributed by atoms with Crippen molar-refractivity contribution >= 4 is 17.7 Å². The smallest absolute Gasteiger partial charge is 0.252 e. The molecule has 2 aromatic heterocycles. The highest BCUT2D eigenvalue weighted by molar-refractivity contribution is 7.98. The van der Waals surface area contributed by atoms with Gasteiger partial charge >= 0.3 is 0 Å². The van der Waals surface area contributed by atoms with Crippen LogP contribution in [-0.4, -0.2) is 42.4 Å². The van der Waals surface area contributed by atoms with E-state index in [0.717, 1.165) is 34.3 Å². The van der Waals surface area contributed by atoms with Gasteiger partial charge < -0.3 is 5.32 Å². The van der Waals surface area contributed by atoms with Crippen molar-refractivity contribution in [1.82, 2.24) is 35.3 Å². The van der Waals surface area contributed by atoms with Crippen molar-refractivity contribution in [2.75, 3.05) is 6.54 Å². The molecule has 2 aromatic carbocycles. The van der Waals surface area contributed by atoms with Gasteiger partial charge in [-0.05, 0) is 60.5 Å². The van der Waals surface area contributed by atoms with Gasteiger partial charge in [-0.1, -0.05) is 37.3 Å². The molecule has 2 heterocycles. The molecule has 1 atom stereocenters. The van der Waals surface area contributed by atoms with Gasteiger partial charge in [0.05, 0.1) is 22.7 Å². The first-order valence-corrected chi connectivity index (χ1v) is 11.8. The van der Waals surface area contributed by atoms with Crippen molar-refractivity contribution in [2.45, 2.75) is 38.0 Å². The Hall–Kier alpha value is -3.46. The number of amides is 1. The molecule has 1 amide bonds. The number of para-hydroxylation sites is 1. The van der Waals surface area contributed by atoms with Crippen LogP contribution in [0.25, 0.3) is 5.69 Å². The molecule has 0 aliphatic carbocycles. The fraction of sp³-hybridized carbons (Fsp3) is 0.292. The molecule has 0 radical (unpaired) electrons. The van der Waals surface area contributed by atoms with Gasteiger partial charge in [0, 0.05) is 23.7 Å². The Morgan fingerprint density at radius 3 is 2.61 bits per heavy atom. The second kappa shape index (κ2) is 10.4. The Labute approximate surface area is 197 Å². The fourth-order valence-corrected chi connectivity index (χ4v) is 4.53. The minimum absolute atomic E-state index is 0.0824. The van der Waals surface area contributed by atoms with Crippen molar-refractivity contribution < 1.29 is 4.79 Å². The maximum atomic E-state index is 13.0. The zero-order valence-electron chi connectivity index (χ0n) is 19.0. The van der Waals surface area contributed by atoms with Gasteiger partial charge in [-0.25, -0.2) is 0 Å². The topological polar surface area (TPSA) is 90.5 Å². The highest BCUT2D eigenvalue weighted by atomic mass is 32.2. The van der Waals surface area contributed by atoms with Gasteiger partial charge in [0.25, 0.3) is 5.91 Å². The third-order valence-corrected chi connectivity index (χ3v) is 6.29. The summed E-state index contributed by atoms with van der Waals surface area (Å²) in [4.78, 5) is 13.8. The number of hydrogen-bond acceptors (Lipinski definition) is 6. The first kappa shape index (κ1) is 22.7. The van der Waals surface area contributed by atoms with Gasteiger partial charge in [-0.15, -0.1) is 16.9 Å². The Morgan fingerprint density at radius 1 is 1.09 bits per heavy atom. The zero-order valence-corrected chi connectivity index (χ0v) is 19.8. The second-order valence-corrected chi connectivity index (χ2v) is 9.07. The van der Waals surface area contributed by atoms with E-state index in [-0.39, 0.29) is 11.8 Å². The summed E-state index contributed by atoms with van der Waals surface area (Å²) in [5, 5.41) is 19.7. The van der Waals surface area contributed by atoms with E-state index in [2.05, 4.69) is 38.9 Å². The van der Waals surface area contributed by atoms with Crippen LogP contribution in [-0.2, 0) is 12.3 Å². The van der Waals surface area contributed by atoms with Crippen LogP contribution in [0.3, 0.4) is 0 Å². The Bertz CT molecular complexity index is 1220. The molecule has 0 spiro atoms. The number of nitrogens with one attached hydrogen (secondary N) is 1. The van der Waals surface area contributed by atoms with E-state index in [1.54, 1.807) is 16.4 Å². The zero-order chi connectivity index (χ0) is 23.2. The maximum Gasteiger partial charge on any atom is 0.252 e. The summed E-state index contributed by atoms with van der Waals surface area (Å²) in [5.41, 5.74) is 3.69. The van der Waals surface area contributed by atoms with E-state index in [9.17, 15) is 4.79 Å². The highest BCUT2D eigenvalue weighted by Gasteiger charge is 2.15. The molecule has 9 heteroatoms. The van der Waals surface area contributed by atoms with Crippen LogP contribution in [0.2, 0.25) is 0 Å². The molecule has 0 aliphatic heterocycles. The quantitative estimate of drug-likeness (QED) is 0.381. The van der Waals surface area contributed by atoms with Gasteiger partial charge in [0.1, 0.15) is 0 Å². The molecule has 0 saturated carbocycles. The van der Waals surface area contributed by atoms with E-state index in [1.165, 1.54) is 0 Å². The van der Waals surface area contributed by atoms with Crippen LogP contribution in [0.5, 0.6) is 0 Å². The summed E-state index contributed by atoms with van der Waals surface area (Å²) in [6.07, 6.45) is 0. The SMILES string of the molecule is Cc1cc(C)n(CC(C)CNC(=O)c2ccccc2SCc2nnnn2-c2ccccc2)n1. The number of hydrogen-bond donors (Lipinski definition) is 1. The molecule has 1 N–H and O–H groups in total. The van der Waals surface area contributed by atoms with Crippen LogP contribution in [0, 0.1) is 19.8 Å². The van der Waals surface area contributed by atoms with Gasteiger partial charge in [-0.2, -0.15) is 9.78 Å². The molecule has 4 aromatic rings. The summed E-state index contributed by atoms with van der Waals surface area (Å²) in [6.45, 7) is 7.48. The van der Waals surface area contributed by atoms with Gasteiger partial charge in [0.15, 0.2) is 5.82 Å². The molecule has 0 bridgehead atoms. The largest absolute Gasteiger partial charge is 0.352 e.